The average molecular weight is 352 g/mol. The van der Waals surface area contributed by atoms with Gasteiger partial charge in [0.2, 0.25) is 5.16 Å². The van der Waals surface area contributed by atoms with Gasteiger partial charge in [0, 0.05) is 5.56 Å². The summed E-state index contributed by atoms with van der Waals surface area (Å²) in [5.41, 5.74) is 5.12. The van der Waals surface area contributed by atoms with E-state index in [1.807, 2.05) is 56.3 Å². The van der Waals surface area contributed by atoms with E-state index in [1.54, 1.807) is 4.68 Å². The Hall–Kier alpha value is -2.47. The lowest BCUT2D eigenvalue weighted by atomic mass is 10.1. The predicted octanol–water partition coefficient (Wildman–Crippen LogP) is 3.95. The zero-order chi connectivity index (χ0) is 18.0. The summed E-state index contributed by atoms with van der Waals surface area (Å²) in [5.74, 6) is 0.0691. The molecule has 0 saturated heterocycles. The third-order valence-electron chi connectivity index (χ3n) is 4.16. The molecule has 0 aliphatic rings. The van der Waals surface area contributed by atoms with Crippen LogP contribution in [0.1, 0.15) is 34.0 Å². The lowest BCUT2D eigenvalue weighted by Gasteiger charge is -2.11. The van der Waals surface area contributed by atoms with E-state index >= 15 is 0 Å². The number of tetrazole rings is 1. The van der Waals surface area contributed by atoms with Crippen molar-refractivity contribution in [1.29, 1.82) is 0 Å². The van der Waals surface area contributed by atoms with Gasteiger partial charge in [0.25, 0.3) is 0 Å². The number of carbonyl (C=O) groups excluding carboxylic acids is 1. The van der Waals surface area contributed by atoms with Crippen LogP contribution in [0.25, 0.3) is 5.69 Å². The second kappa shape index (κ2) is 7.19. The number of benzene rings is 2. The summed E-state index contributed by atoms with van der Waals surface area (Å²) in [7, 11) is 0. The van der Waals surface area contributed by atoms with Gasteiger partial charge in [0.1, 0.15) is 0 Å². The van der Waals surface area contributed by atoms with Gasteiger partial charge in [-0.1, -0.05) is 47.7 Å². The molecule has 2 aromatic carbocycles. The highest BCUT2D eigenvalue weighted by Crippen LogP contribution is 2.26. The van der Waals surface area contributed by atoms with Gasteiger partial charge >= 0.3 is 0 Å². The van der Waals surface area contributed by atoms with Gasteiger partial charge in [0.05, 0.1) is 10.9 Å². The first-order valence-electron chi connectivity index (χ1n) is 8.09. The third kappa shape index (κ3) is 3.79. The first kappa shape index (κ1) is 17.4. The van der Waals surface area contributed by atoms with E-state index in [2.05, 4.69) is 29.4 Å². The van der Waals surface area contributed by atoms with Gasteiger partial charge in [-0.15, -0.1) is 5.10 Å². The van der Waals surface area contributed by atoms with E-state index in [0.29, 0.717) is 10.7 Å². The summed E-state index contributed by atoms with van der Waals surface area (Å²) >= 11 is 1.37. The minimum Gasteiger partial charge on any atom is -0.293 e. The summed E-state index contributed by atoms with van der Waals surface area (Å²) in [6.45, 7) is 8.01. The number of hydrogen-bond donors (Lipinski definition) is 0. The van der Waals surface area contributed by atoms with Gasteiger partial charge in [-0.3, -0.25) is 4.79 Å². The fourth-order valence-corrected chi connectivity index (χ4v) is 3.32. The van der Waals surface area contributed by atoms with Crippen molar-refractivity contribution < 1.29 is 4.79 Å². The third-order valence-corrected chi connectivity index (χ3v) is 5.20. The van der Waals surface area contributed by atoms with Crippen LogP contribution in [0.2, 0.25) is 0 Å². The van der Waals surface area contributed by atoms with Gasteiger partial charge in [-0.05, 0) is 61.4 Å². The molecule has 1 atom stereocenters. The highest BCUT2D eigenvalue weighted by atomic mass is 32.2. The minimum atomic E-state index is -0.279. The zero-order valence-corrected chi connectivity index (χ0v) is 15.5. The lowest BCUT2D eigenvalue weighted by Crippen LogP contribution is -2.14. The fraction of sp³-hybridized carbons (Fsp3) is 0.263. The Bertz CT molecular complexity index is 902. The van der Waals surface area contributed by atoms with Crippen LogP contribution in [-0.2, 0) is 0 Å². The lowest BCUT2D eigenvalue weighted by molar-refractivity contribution is 0.0994. The predicted molar refractivity (Wildman–Crippen MR) is 99.5 cm³/mol. The van der Waals surface area contributed by atoms with Crippen LogP contribution in [0.3, 0.4) is 0 Å². The molecule has 0 unspecified atom stereocenters. The second-order valence-corrected chi connectivity index (χ2v) is 7.44. The number of aromatic nitrogens is 4. The molecule has 1 aromatic heterocycles. The molecule has 0 aliphatic carbocycles. The molecule has 25 heavy (non-hydrogen) atoms. The quantitative estimate of drug-likeness (QED) is 0.514. The molecule has 0 bridgehead atoms. The van der Waals surface area contributed by atoms with Crippen LogP contribution in [-0.4, -0.2) is 31.2 Å². The molecular formula is C19H20N4OS. The molecular weight excluding hydrogens is 332 g/mol. The van der Waals surface area contributed by atoms with Crippen molar-refractivity contribution in [2.24, 2.45) is 0 Å². The maximum absolute atomic E-state index is 12.6. The number of thioether (sulfide) groups is 1. The molecule has 3 aromatic rings. The summed E-state index contributed by atoms with van der Waals surface area (Å²) in [4.78, 5) is 12.6. The summed E-state index contributed by atoms with van der Waals surface area (Å²) in [6.07, 6.45) is 0. The van der Waals surface area contributed by atoms with Gasteiger partial charge in [-0.2, -0.15) is 4.68 Å². The van der Waals surface area contributed by atoms with Crippen LogP contribution >= 0.6 is 11.8 Å². The first-order chi connectivity index (χ1) is 12.0. The first-order valence-corrected chi connectivity index (χ1v) is 8.97. The van der Waals surface area contributed by atoms with E-state index in [0.717, 1.165) is 11.3 Å². The van der Waals surface area contributed by atoms with E-state index in [9.17, 15) is 4.79 Å². The van der Waals surface area contributed by atoms with E-state index in [4.69, 9.17) is 0 Å². The van der Waals surface area contributed by atoms with Crippen molar-refractivity contribution in [2.45, 2.75) is 38.1 Å². The average Bonchev–Trinajstić information content (AvgIpc) is 3.05. The maximum atomic E-state index is 12.6. The van der Waals surface area contributed by atoms with E-state index in [-0.39, 0.29) is 11.0 Å². The molecule has 1 heterocycles. The van der Waals surface area contributed by atoms with Crippen molar-refractivity contribution in [3.05, 3.63) is 64.7 Å². The molecule has 0 aliphatic heterocycles. The smallest absolute Gasteiger partial charge is 0.214 e. The Morgan fingerprint density at radius 3 is 2.44 bits per heavy atom. The number of Topliss-reactive ketones (excluding diaryl/α,β-unsaturated/α-hetero) is 1. The second-order valence-electron chi connectivity index (χ2n) is 6.13. The monoisotopic (exact) mass is 352 g/mol. The molecule has 0 spiro atoms. The number of aryl methyl sites for hydroxylation is 3. The van der Waals surface area contributed by atoms with Crippen molar-refractivity contribution in [3.8, 4) is 5.69 Å². The Balaban J connectivity index is 1.81. The number of hydrogen-bond acceptors (Lipinski definition) is 5. The van der Waals surface area contributed by atoms with Gasteiger partial charge in [0.15, 0.2) is 5.78 Å². The normalized spacial score (nSPS) is 12.2. The Morgan fingerprint density at radius 2 is 1.76 bits per heavy atom. The Morgan fingerprint density at radius 1 is 1.04 bits per heavy atom. The standard InChI is InChI=1S/C19H20N4OS/c1-12-5-8-16(9-6-12)18(24)15(4)25-19-20-21-22-23(19)17-10-7-13(2)14(3)11-17/h5-11,15H,1-4H3/t15-/m0/s1. The molecule has 5 nitrogen and oxygen atoms in total. The van der Waals surface area contributed by atoms with Crippen molar-refractivity contribution in [3.63, 3.8) is 0 Å². The van der Waals surface area contributed by atoms with E-state index < -0.39 is 0 Å². The summed E-state index contributed by atoms with van der Waals surface area (Å²) in [5, 5.41) is 12.3. The topological polar surface area (TPSA) is 60.7 Å². The van der Waals surface area contributed by atoms with Crippen LogP contribution in [0.5, 0.6) is 0 Å². The molecule has 6 heteroatoms. The van der Waals surface area contributed by atoms with Crippen LogP contribution < -0.4 is 0 Å². The zero-order valence-electron chi connectivity index (χ0n) is 14.7. The number of carbonyl (C=O) groups is 1. The number of rotatable bonds is 5. The fourth-order valence-electron chi connectivity index (χ4n) is 2.44. The Kier molecular flexibility index (Phi) is 4.99. The molecule has 0 amide bonds. The van der Waals surface area contributed by atoms with Crippen molar-refractivity contribution >= 4 is 17.5 Å². The molecule has 0 saturated carbocycles. The minimum absolute atomic E-state index is 0.0691. The molecule has 0 N–H and O–H groups in total. The van der Waals surface area contributed by atoms with Crippen molar-refractivity contribution in [2.75, 3.05) is 0 Å². The Labute approximate surface area is 151 Å². The molecule has 0 radical (unpaired) electrons. The molecule has 0 fully saturated rings. The molecule has 128 valence electrons. The number of ketones is 1. The van der Waals surface area contributed by atoms with Crippen LogP contribution in [0, 0.1) is 20.8 Å². The largest absolute Gasteiger partial charge is 0.293 e. The van der Waals surface area contributed by atoms with Crippen LogP contribution in [0.15, 0.2) is 47.6 Å². The van der Waals surface area contributed by atoms with Gasteiger partial charge < -0.3 is 0 Å². The van der Waals surface area contributed by atoms with E-state index in [1.165, 1.54) is 22.9 Å². The summed E-state index contributed by atoms with van der Waals surface area (Å²) < 4.78 is 1.68. The highest BCUT2D eigenvalue weighted by molar-refractivity contribution is 8.00. The van der Waals surface area contributed by atoms with Crippen molar-refractivity contribution in [1.82, 2.24) is 20.2 Å². The highest BCUT2D eigenvalue weighted by Gasteiger charge is 2.20. The van der Waals surface area contributed by atoms with Gasteiger partial charge in [-0.25, -0.2) is 0 Å². The maximum Gasteiger partial charge on any atom is 0.214 e. The number of nitrogens with zero attached hydrogens (tertiary/aromatic N) is 4. The summed E-state index contributed by atoms with van der Waals surface area (Å²) in [6, 6.07) is 13.7. The van der Waals surface area contributed by atoms with Crippen LogP contribution in [0.4, 0.5) is 0 Å². The molecule has 3 rings (SSSR count). The SMILES string of the molecule is Cc1ccc(C(=O)[C@H](C)Sc2nnnn2-c2ccc(C)c(C)c2)cc1.